The Hall–Kier alpha value is -2.89. The minimum Gasteiger partial charge on any atom is -0.548 e. The number of H-pyrrole nitrogens is 1. The van der Waals surface area contributed by atoms with Crippen LogP contribution in [0.3, 0.4) is 0 Å². The van der Waals surface area contributed by atoms with Crippen molar-refractivity contribution in [2.75, 3.05) is 13.2 Å². The van der Waals surface area contributed by atoms with Crippen LogP contribution >= 0.6 is 0 Å². The quantitative estimate of drug-likeness (QED) is 0.0915. The van der Waals surface area contributed by atoms with Gasteiger partial charge in [-0.1, -0.05) is 0 Å². The number of benzene rings is 1. The van der Waals surface area contributed by atoms with Gasteiger partial charge in [0, 0.05) is 49.8 Å². The number of aromatic amines is 1. The zero-order valence-corrected chi connectivity index (χ0v) is 26.6. The Morgan fingerprint density at radius 2 is 1.98 bits per heavy atom. The molecule has 44 heavy (non-hydrogen) atoms. The van der Waals surface area contributed by atoms with Crippen LogP contribution in [-0.2, 0) is 20.7 Å². The van der Waals surface area contributed by atoms with Gasteiger partial charge in [0.25, 0.3) is 0 Å². The summed E-state index contributed by atoms with van der Waals surface area (Å²) in [5, 5.41) is 65.4. The molecule has 7 unspecified atom stereocenters. The van der Waals surface area contributed by atoms with Gasteiger partial charge in [-0.05, 0) is 25.5 Å². The molecule has 2 aromatic rings. The summed E-state index contributed by atoms with van der Waals surface area (Å²) in [6, 6.07) is 0.0621. The second-order valence-corrected chi connectivity index (χ2v) is 10.7. The number of aromatic nitrogens is 2. The number of aryl methyl sites for hydroxylation is 1. The Balaban J connectivity index is 0.00000529. The number of hydrogen-bond donors (Lipinski definition) is 7. The Morgan fingerprint density at radius 1 is 1.25 bits per heavy atom. The summed E-state index contributed by atoms with van der Waals surface area (Å²) in [5.41, 5.74) is 1.55. The molecule has 0 aliphatic carbocycles. The van der Waals surface area contributed by atoms with E-state index in [9.17, 15) is 45.0 Å². The number of carboxylic acids is 1. The SMILES string of the molecule is CC(CC1CC(=O)c2c(C)cc(O)c(C3OC(CO)C(O)C(O)C3O)c2O1)=NCCC(=O)NC(Cc1cnc[nH]1)C(=O)[O-].[Na+]. The van der Waals surface area contributed by atoms with E-state index < -0.39 is 61.1 Å². The van der Waals surface area contributed by atoms with Crippen molar-refractivity contribution in [3.63, 3.8) is 0 Å². The van der Waals surface area contributed by atoms with Gasteiger partial charge in [-0.3, -0.25) is 14.6 Å². The maximum atomic E-state index is 13.2. The van der Waals surface area contributed by atoms with Crippen molar-refractivity contribution in [2.24, 2.45) is 4.99 Å². The predicted octanol–water partition coefficient (Wildman–Crippen LogP) is -5.01. The second kappa shape index (κ2) is 15.4. The third-order valence-electron chi connectivity index (χ3n) is 7.49. The molecule has 0 saturated carbocycles. The number of aliphatic hydroxyl groups is 4. The molecule has 1 fully saturated rings. The zero-order chi connectivity index (χ0) is 31.4. The van der Waals surface area contributed by atoms with Crippen molar-refractivity contribution in [2.45, 2.75) is 82.2 Å². The molecule has 0 bridgehead atoms. The third kappa shape index (κ3) is 8.03. The minimum atomic E-state index is -1.71. The number of nitrogens with one attached hydrogen (secondary N) is 2. The molecule has 234 valence electrons. The summed E-state index contributed by atoms with van der Waals surface area (Å²) >= 11 is 0. The fraction of sp³-hybridized carbons (Fsp3) is 0.536. The first kappa shape index (κ1) is 35.6. The van der Waals surface area contributed by atoms with Gasteiger partial charge >= 0.3 is 29.6 Å². The van der Waals surface area contributed by atoms with E-state index in [0.29, 0.717) is 17.0 Å². The monoisotopic (exact) mass is 626 g/mol. The number of aliphatic carboxylic acids is 1. The summed E-state index contributed by atoms with van der Waals surface area (Å²) < 4.78 is 11.8. The largest absolute Gasteiger partial charge is 1.00 e. The summed E-state index contributed by atoms with van der Waals surface area (Å²) in [5.74, 6) is -2.69. The summed E-state index contributed by atoms with van der Waals surface area (Å²) in [6.45, 7) is 2.64. The molecule has 4 rings (SSSR count). The van der Waals surface area contributed by atoms with Crippen LogP contribution in [0.2, 0.25) is 0 Å². The molecule has 1 saturated heterocycles. The number of fused-ring (bicyclic) bond motifs is 1. The number of carboxylic acid groups (broad SMARTS) is 1. The van der Waals surface area contributed by atoms with Crippen LogP contribution in [0.1, 0.15) is 59.5 Å². The molecule has 1 aromatic carbocycles. The van der Waals surface area contributed by atoms with E-state index in [0.717, 1.165) is 0 Å². The number of nitrogens with zero attached hydrogens (tertiary/aromatic N) is 2. The van der Waals surface area contributed by atoms with Gasteiger partial charge < -0.3 is 55.2 Å². The second-order valence-electron chi connectivity index (χ2n) is 10.7. The van der Waals surface area contributed by atoms with Gasteiger partial charge in [0.15, 0.2) is 5.78 Å². The Kier molecular flexibility index (Phi) is 12.5. The minimum absolute atomic E-state index is 0. The van der Waals surface area contributed by atoms with Gasteiger partial charge in [-0.2, -0.15) is 0 Å². The van der Waals surface area contributed by atoms with E-state index in [2.05, 4.69) is 20.3 Å². The number of amides is 1. The fourth-order valence-electron chi connectivity index (χ4n) is 5.32. The van der Waals surface area contributed by atoms with Crippen LogP contribution in [0.4, 0.5) is 0 Å². The molecular formula is C28H35N4NaO11. The predicted molar refractivity (Wildman–Crippen MR) is 145 cm³/mol. The average molecular weight is 627 g/mol. The Bertz CT molecular complexity index is 1370. The zero-order valence-electron chi connectivity index (χ0n) is 24.6. The number of aliphatic imine (C=N–C) groups is 1. The van der Waals surface area contributed by atoms with Crippen LogP contribution in [0.15, 0.2) is 23.6 Å². The average Bonchev–Trinajstić information content (AvgIpc) is 3.45. The Labute approximate surface area is 274 Å². The maximum Gasteiger partial charge on any atom is 1.00 e. The summed E-state index contributed by atoms with van der Waals surface area (Å²) in [7, 11) is 0. The van der Waals surface area contributed by atoms with Crippen LogP contribution in [0, 0.1) is 6.92 Å². The van der Waals surface area contributed by atoms with Crippen molar-refractivity contribution in [3.05, 3.63) is 41.0 Å². The molecule has 0 radical (unpaired) electrons. The topological polar surface area (TPSA) is 247 Å². The molecule has 7 atom stereocenters. The van der Waals surface area contributed by atoms with Crippen LogP contribution in [-0.4, -0.2) is 109 Å². The number of carbonyl (C=O) groups is 3. The van der Waals surface area contributed by atoms with Crippen LogP contribution in [0.5, 0.6) is 11.5 Å². The van der Waals surface area contributed by atoms with Crippen LogP contribution in [0.25, 0.3) is 0 Å². The number of aromatic hydroxyl groups is 1. The van der Waals surface area contributed by atoms with Crippen LogP contribution < -0.4 is 44.7 Å². The fourth-order valence-corrected chi connectivity index (χ4v) is 5.32. The molecule has 16 heteroatoms. The van der Waals surface area contributed by atoms with E-state index in [1.807, 2.05) is 0 Å². The first-order valence-electron chi connectivity index (χ1n) is 13.7. The molecule has 2 aliphatic heterocycles. The van der Waals surface area contributed by atoms with E-state index >= 15 is 0 Å². The van der Waals surface area contributed by atoms with Crippen molar-refractivity contribution in [1.82, 2.24) is 15.3 Å². The number of aliphatic hydroxyl groups excluding tert-OH is 4. The third-order valence-corrected chi connectivity index (χ3v) is 7.49. The van der Waals surface area contributed by atoms with E-state index in [-0.39, 0.29) is 90.2 Å². The molecule has 0 spiro atoms. The van der Waals surface area contributed by atoms with Gasteiger partial charge in [-0.15, -0.1) is 0 Å². The van der Waals surface area contributed by atoms with Gasteiger partial charge in [-0.25, -0.2) is 4.98 Å². The smallest absolute Gasteiger partial charge is 0.548 e. The number of ketones is 1. The van der Waals surface area contributed by atoms with Crippen molar-refractivity contribution in [3.8, 4) is 11.5 Å². The molecule has 1 amide bonds. The van der Waals surface area contributed by atoms with Crippen molar-refractivity contribution < 1.29 is 84.1 Å². The molecule has 1 aromatic heterocycles. The number of hydrogen-bond acceptors (Lipinski definition) is 13. The standard InChI is InChI=1S/C28H36N4O11.Na/c1-12-5-17(34)22(27-25(39)24(38)23(37)19(10-33)43-27)26-21(12)18(35)8-15(42-26)6-13(2)30-4-3-20(36)32-16(28(40)41)7-14-9-29-11-31-14;/h5,9,11,15-16,19,23-25,27,33-34,37-39H,3-4,6-8,10H2,1-2H3,(H,29,31)(H,32,36)(H,40,41);/q;+1/p-1. The number of carbonyl (C=O) groups excluding carboxylic acids is 3. The number of phenolic OH excluding ortho intramolecular Hbond substituents is 1. The molecule has 3 heterocycles. The number of ether oxygens (including phenoxy) is 2. The van der Waals surface area contributed by atoms with Gasteiger partial charge in [0.05, 0.1) is 36.1 Å². The van der Waals surface area contributed by atoms with E-state index in [1.165, 1.54) is 18.6 Å². The molecular weight excluding hydrogens is 591 g/mol. The first-order chi connectivity index (χ1) is 20.4. The summed E-state index contributed by atoms with van der Waals surface area (Å²) in [6.07, 6.45) is -5.59. The molecule has 2 aliphatic rings. The molecule has 15 nitrogen and oxygen atoms in total. The molecule has 7 N–H and O–H groups in total. The van der Waals surface area contributed by atoms with E-state index in [1.54, 1.807) is 13.8 Å². The van der Waals surface area contributed by atoms with Gasteiger partial charge in [0.2, 0.25) is 5.91 Å². The first-order valence-corrected chi connectivity index (χ1v) is 13.7. The maximum absolute atomic E-state index is 13.2. The summed E-state index contributed by atoms with van der Waals surface area (Å²) in [4.78, 5) is 47.9. The number of Topliss-reactive ketones (excluding diaryl/α,β-unsaturated/α-hetero) is 1. The normalized spacial score (nSPS) is 25.8. The van der Waals surface area contributed by atoms with Crippen molar-refractivity contribution in [1.29, 1.82) is 0 Å². The number of imidazole rings is 1. The van der Waals surface area contributed by atoms with Gasteiger partial charge in [0.1, 0.15) is 48.1 Å². The number of rotatable bonds is 11. The van der Waals surface area contributed by atoms with E-state index in [4.69, 9.17) is 9.47 Å². The Morgan fingerprint density at radius 3 is 2.61 bits per heavy atom. The van der Waals surface area contributed by atoms with Crippen molar-refractivity contribution >= 4 is 23.4 Å². The number of phenols is 1.